The standard InChI is InChI=1S/C18H25N3/c1-2-16-20-17(15-11-7-4-8-12-15)18(19)21(16)13-14-9-5-3-6-10-14/h3,5-6,9-10,15H,2,4,7-8,11-13,19H2,1H3. The van der Waals surface area contributed by atoms with Crippen LogP contribution in [-0.4, -0.2) is 9.55 Å². The summed E-state index contributed by atoms with van der Waals surface area (Å²) in [5.74, 6) is 2.58. The third-order valence-electron chi connectivity index (χ3n) is 4.61. The molecule has 0 unspecified atom stereocenters. The van der Waals surface area contributed by atoms with Crippen molar-refractivity contribution in [3.8, 4) is 0 Å². The van der Waals surface area contributed by atoms with Crippen LogP contribution in [0, 0.1) is 0 Å². The summed E-state index contributed by atoms with van der Waals surface area (Å²) in [5.41, 5.74) is 8.90. The van der Waals surface area contributed by atoms with E-state index in [9.17, 15) is 0 Å². The first-order valence-corrected chi connectivity index (χ1v) is 8.18. The average Bonchev–Trinajstić information content (AvgIpc) is 2.86. The van der Waals surface area contributed by atoms with Crippen molar-refractivity contribution in [3.63, 3.8) is 0 Å². The van der Waals surface area contributed by atoms with Gasteiger partial charge in [0.15, 0.2) is 0 Å². The number of nitrogens with zero attached hydrogens (tertiary/aromatic N) is 2. The van der Waals surface area contributed by atoms with Crippen molar-refractivity contribution in [2.45, 2.75) is 57.9 Å². The van der Waals surface area contributed by atoms with E-state index in [0.29, 0.717) is 5.92 Å². The molecule has 2 N–H and O–H groups in total. The van der Waals surface area contributed by atoms with Gasteiger partial charge < -0.3 is 10.3 Å². The summed E-state index contributed by atoms with van der Waals surface area (Å²) in [6.07, 6.45) is 7.42. The fourth-order valence-corrected chi connectivity index (χ4v) is 3.42. The fourth-order valence-electron chi connectivity index (χ4n) is 3.42. The van der Waals surface area contributed by atoms with Gasteiger partial charge in [0.25, 0.3) is 0 Å². The van der Waals surface area contributed by atoms with E-state index in [4.69, 9.17) is 10.7 Å². The Kier molecular flexibility index (Phi) is 4.28. The molecule has 1 aliphatic carbocycles. The van der Waals surface area contributed by atoms with Crippen molar-refractivity contribution in [1.82, 2.24) is 9.55 Å². The number of benzene rings is 1. The molecule has 0 aliphatic heterocycles. The molecule has 21 heavy (non-hydrogen) atoms. The maximum atomic E-state index is 6.46. The number of rotatable bonds is 4. The number of anilines is 1. The van der Waals surface area contributed by atoms with E-state index in [1.807, 2.05) is 0 Å². The monoisotopic (exact) mass is 283 g/mol. The molecule has 0 amide bonds. The number of aromatic nitrogens is 2. The van der Waals surface area contributed by atoms with E-state index in [-0.39, 0.29) is 0 Å². The second-order valence-electron chi connectivity index (χ2n) is 6.06. The Morgan fingerprint density at radius 2 is 1.86 bits per heavy atom. The van der Waals surface area contributed by atoms with E-state index < -0.39 is 0 Å². The molecule has 1 fully saturated rings. The lowest BCUT2D eigenvalue weighted by Gasteiger charge is -2.20. The first kappa shape index (κ1) is 14.2. The summed E-state index contributed by atoms with van der Waals surface area (Å²) in [6.45, 7) is 2.99. The molecule has 2 aromatic rings. The van der Waals surface area contributed by atoms with Gasteiger partial charge in [0.1, 0.15) is 11.6 Å². The van der Waals surface area contributed by atoms with Gasteiger partial charge in [0.05, 0.1) is 12.2 Å². The predicted molar refractivity (Wildman–Crippen MR) is 87.4 cm³/mol. The zero-order chi connectivity index (χ0) is 14.7. The van der Waals surface area contributed by atoms with Gasteiger partial charge in [0.2, 0.25) is 0 Å². The number of nitrogens with two attached hydrogens (primary N) is 1. The molecule has 0 spiro atoms. The minimum Gasteiger partial charge on any atom is -0.384 e. The summed E-state index contributed by atoms with van der Waals surface area (Å²) in [4.78, 5) is 4.89. The summed E-state index contributed by atoms with van der Waals surface area (Å²) in [5, 5.41) is 0. The Balaban J connectivity index is 1.90. The molecule has 1 heterocycles. The van der Waals surface area contributed by atoms with Crippen LogP contribution in [0.4, 0.5) is 5.82 Å². The zero-order valence-corrected chi connectivity index (χ0v) is 12.9. The van der Waals surface area contributed by atoms with E-state index in [0.717, 1.165) is 30.3 Å². The SMILES string of the molecule is CCc1nc(C2CCCCC2)c(N)n1Cc1ccccc1. The van der Waals surface area contributed by atoms with Crippen LogP contribution >= 0.6 is 0 Å². The highest BCUT2D eigenvalue weighted by atomic mass is 15.1. The van der Waals surface area contributed by atoms with E-state index in [2.05, 4.69) is 41.8 Å². The van der Waals surface area contributed by atoms with Crippen molar-refractivity contribution >= 4 is 5.82 Å². The zero-order valence-electron chi connectivity index (χ0n) is 12.9. The molecule has 1 aliphatic rings. The number of aryl methyl sites for hydroxylation is 1. The molecule has 1 saturated carbocycles. The van der Waals surface area contributed by atoms with Crippen molar-refractivity contribution in [2.24, 2.45) is 0 Å². The van der Waals surface area contributed by atoms with Crippen LogP contribution in [0.2, 0.25) is 0 Å². The quantitative estimate of drug-likeness (QED) is 0.917. The Morgan fingerprint density at radius 3 is 2.52 bits per heavy atom. The summed E-state index contributed by atoms with van der Waals surface area (Å²) in [6, 6.07) is 10.5. The van der Waals surface area contributed by atoms with Crippen LogP contribution in [0.5, 0.6) is 0 Å². The van der Waals surface area contributed by atoms with E-state index in [1.165, 1.54) is 37.7 Å². The highest BCUT2D eigenvalue weighted by Crippen LogP contribution is 2.35. The highest BCUT2D eigenvalue weighted by molar-refractivity contribution is 5.42. The first-order chi connectivity index (χ1) is 10.3. The Bertz CT molecular complexity index is 580. The smallest absolute Gasteiger partial charge is 0.127 e. The van der Waals surface area contributed by atoms with Crippen LogP contribution in [0.15, 0.2) is 30.3 Å². The van der Waals surface area contributed by atoms with Crippen molar-refractivity contribution < 1.29 is 0 Å². The van der Waals surface area contributed by atoms with Crippen LogP contribution in [-0.2, 0) is 13.0 Å². The summed E-state index contributed by atoms with van der Waals surface area (Å²) >= 11 is 0. The Hall–Kier alpha value is -1.77. The van der Waals surface area contributed by atoms with Gasteiger partial charge >= 0.3 is 0 Å². The molecular formula is C18H25N3. The van der Waals surface area contributed by atoms with Crippen molar-refractivity contribution in [2.75, 3.05) is 5.73 Å². The molecule has 1 aromatic carbocycles. The third-order valence-corrected chi connectivity index (χ3v) is 4.61. The Labute approximate surface area is 127 Å². The number of nitrogen functional groups attached to an aromatic ring is 1. The number of imidazole rings is 1. The molecular weight excluding hydrogens is 258 g/mol. The number of hydrogen-bond donors (Lipinski definition) is 1. The van der Waals surface area contributed by atoms with Gasteiger partial charge in [-0.2, -0.15) is 0 Å². The lowest BCUT2D eigenvalue weighted by atomic mass is 9.87. The lowest BCUT2D eigenvalue weighted by molar-refractivity contribution is 0.438. The Morgan fingerprint density at radius 1 is 1.14 bits per heavy atom. The van der Waals surface area contributed by atoms with Crippen LogP contribution in [0.3, 0.4) is 0 Å². The minimum absolute atomic E-state index is 0.570. The summed E-state index contributed by atoms with van der Waals surface area (Å²) in [7, 11) is 0. The van der Waals surface area contributed by atoms with E-state index >= 15 is 0 Å². The average molecular weight is 283 g/mol. The van der Waals surface area contributed by atoms with Crippen LogP contribution < -0.4 is 5.73 Å². The second-order valence-corrected chi connectivity index (χ2v) is 6.06. The topological polar surface area (TPSA) is 43.8 Å². The van der Waals surface area contributed by atoms with Crippen molar-refractivity contribution in [3.05, 3.63) is 47.4 Å². The molecule has 3 heteroatoms. The molecule has 0 saturated heterocycles. The summed E-state index contributed by atoms with van der Waals surface area (Å²) < 4.78 is 2.21. The van der Waals surface area contributed by atoms with Gasteiger partial charge in [-0.1, -0.05) is 56.5 Å². The van der Waals surface area contributed by atoms with Crippen LogP contribution in [0.1, 0.15) is 62.0 Å². The van der Waals surface area contributed by atoms with Gasteiger partial charge in [-0.25, -0.2) is 4.98 Å². The normalized spacial score (nSPS) is 16.2. The first-order valence-electron chi connectivity index (χ1n) is 8.18. The van der Waals surface area contributed by atoms with Gasteiger partial charge in [-0.05, 0) is 18.4 Å². The molecule has 3 nitrogen and oxygen atoms in total. The molecule has 1 aromatic heterocycles. The fraction of sp³-hybridized carbons (Fsp3) is 0.500. The van der Waals surface area contributed by atoms with Crippen molar-refractivity contribution in [1.29, 1.82) is 0 Å². The minimum atomic E-state index is 0.570. The molecule has 112 valence electrons. The second kappa shape index (κ2) is 6.33. The maximum Gasteiger partial charge on any atom is 0.127 e. The number of hydrogen-bond acceptors (Lipinski definition) is 2. The highest BCUT2D eigenvalue weighted by Gasteiger charge is 2.23. The van der Waals surface area contributed by atoms with E-state index in [1.54, 1.807) is 0 Å². The molecule has 0 atom stereocenters. The van der Waals surface area contributed by atoms with Gasteiger partial charge in [0, 0.05) is 12.3 Å². The lowest BCUT2D eigenvalue weighted by Crippen LogP contribution is -2.10. The molecule has 0 radical (unpaired) electrons. The molecule has 0 bridgehead atoms. The van der Waals surface area contributed by atoms with Gasteiger partial charge in [-0.15, -0.1) is 0 Å². The predicted octanol–water partition coefficient (Wildman–Crippen LogP) is 4.12. The van der Waals surface area contributed by atoms with Crippen LogP contribution in [0.25, 0.3) is 0 Å². The largest absolute Gasteiger partial charge is 0.384 e. The van der Waals surface area contributed by atoms with Gasteiger partial charge in [-0.3, -0.25) is 0 Å². The third kappa shape index (κ3) is 2.97. The molecule has 3 rings (SSSR count). The maximum absolute atomic E-state index is 6.46.